The number of aromatic nitrogens is 2. The lowest BCUT2D eigenvalue weighted by molar-refractivity contribution is 0.242. The molecule has 0 aliphatic heterocycles. The van der Waals surface area contributed by atoms with Crippen LogP contribution in [0.3, 0.4) is 0 Å². The maximum Gasteiger partial charge on any atom is 0.133 e. The minimum atomic E-state index is 0.154. The normalized spacial score (nSPS) is 14.6. The Hall–Kier alpha value is -1.61. The van der Waals surface area contributed by atoms with Crippen LogP contribution in [-0.2, 0) is 0 Å². The highest BCUT2D eigenvalue weighted by molar-refractivity contribution is 6.29. The average Bonchev–Trinajstić information content (AvgIpc) is 3.22. The second kappa shape index (κ2) is 5.41. The summed E-state index contributed by atoms with van der Waals surface area (Å²) < 4.78 is 5.72. The van der Waals surface area contributed by atoms with Crippen LogP contribution in [0.1, 0.15) is 38.4 Å². The van der Waals surface area contributed by atoms with Crippen molar-refractivity contribution in [3.63, 3.8) is 0 Å². The summed E-state index contributed by atoms with van der Waals surface area (Å²) in [5.41, 5.74) is 1.87. The predicted molar refractivity (Wildman–Crippen MR) is 80.2 cm³/mol. The van der Waals surface area contributed by atoms with E-state index in [1.807, 2.05) is 44.2 Å². The standard InChI is InChI=1S/C16H17ClN2O/c1-10(2)20-13-5-3-4-12(8-13)14-9-15(17)19-16(18-14)11-6-7-11/h3-5,8-11H,6-7H2,1-2H3. The monoisotopic (exact) mass is 288 g/mol. The van der Waals surface area contributed by atoms with Crippen molar-refractivity contribution in [2.45, 2.75) is 38.7 Å². The van der Waals surface area contributed by atoms with Gasteiger partial charge in [-0.1, -0.05) is 23.7 Å². The lowest BCUT2D eigenvalue weighted by atomic mass is 10.1. The number of halogens is 1. The summed E-state index contributed by atoms with van der Waals surface area (Å²) in [7, 11) is 0. The van der Waals surface area contributed by atoms with Crippen LogP contribution >= 0.6 is 11.6 Å². The summed E-state index contributed by atoms with van der Waals surface area (Å²) in [5.74, 6) is 2.20. The molecule has 1 saturated carbocycles. The molecule has 104 valence electrons. The molecule has 1 aromatic carbocycles. The van der Waals surface area contributed by atoms with Gasteiger partial charge in [-0.15, -0.1) is 0 Å². The van der Waals surface area contributed by atoms with Crippen LogP contribution in [-0.4, -0.2) is 16.1 Å². The van der Waals surface area contributed by atoms with E-state index in [1.165, 1.54) is 0 Å². The van der Waals surface area contributed by atoms with Crippen molar-refractivity contribution < 1.29 is 4.74 Å². The van der Waals surface area contributed by atoms with Crippen LogP contribution in [0.25, 0.3) is 11.3 Å². The zero-order valence-corrected chi connectivity index (χ0v) is 12.4. The van der Waals surface area contributed by atoms with Gasteiger partial charge in [0.1, 0.15) is 16.7 Å². The highest BCUT2D eigenvalue weighted by atomic mass is 35.5. The van der Waals surface area contributed by atoms with Crippen LogP contribution in [0.2, 0.25) is 5.15 Å². The molecule has 0 atom stereocenters. The number of hydrogen-bond donors (Lipinski definition) is 0. The van der Waals surface area contributed by atoms with Gasteiger partial charge in [0.2, 0.25) is 0 Å². The highest BCUT2D eigenvalue weighted by Gasteiger charge is 2.27. The molecule has 1 aromatic heterocycles. The van der Waals surface area contributed by atoms with Crippen molar-refractivity contribution in [3.8, 4) is 17.0 Å². The maximum absolute atomic E-state index is 6.11. The molecular weight excluding hydrogens is 272 g/mol. The minimum absolute atomic E-state index is 0.154. The fourth-order valence-corrected chi connectivity index (χ4v) is 2.30. The highest BCUT2D eigenvalue weighted by Crippen LogP contribution is 2.39. The van der Waals surface area contributed by atoms with E-state index in [4.69, 9.17) is 16.3 Å². The molecule has 1 fully saturated rings. The van der Waals surface area contributed by atoms with Crippen molar-refractivity contribution in [2.75, 3.05) is 0 Å². The van der Waals surface area contributed by atoms with Crippen LogP contribution in [0.5, 0.6) is 5.75 Å². The first-order valence-corrected chi connectivity index (χ1v) is 7.31. The number of hydrogen-bond acceptors (Lipinski definition) is 3. The lowest BCUT2D eigenvalue weighted by Crippen LogP contribution is -2.05. The van der Waals surface area contributed by atoms with Crippen LogP contribution in [0.15, 0.2) is 30.3 Å². The molecule has 0 radical (unpaired) electrons. The summed E-state index contributed by atoms with van der Waals surface area (Å²) in [4.78, 5) is 8.95. The molecular formula is C16H17ClN2O. The van der Waals surface area contributed by atoms with E-state index in [9.17, 15) is 0 Å². The van der Waals surface area contributed by atoms with Gasteiger partial charge in [0.25, 0.3) is 0 Å². The van der Waals surface area contributed by atoms with Gasteiger partial charge in [0, 0.05) is 17.5 Å². The van der Waals surface area contributed by atoms with E-state index in [1.54, 1.807) is 0 Å². The Morgan fingerprint density at radius 3 is 2.70 bits per heavy atom. The van der Waals surface area contributed by atoms with Gasteiger partial charge in [-0.3, -0.25) is 0 Å². The topological polar surface area (TPSA) is 35.0 Å². The zero-order valence-electron chi connectivity index (χ0n) is 11.6. The third kappa shape index (κ3) is 3.10. The van der Waals surface area contributed by atoms with E-state index < -0.39 is 0 Å². The van der Waals surface area contributed by atoms with Crippen LogP contribution in [0.4, 0.5) is 0 Å². The Morgan fingerprint density at radius 1 is 1.20 bits per heavy atom. The van der Waals surface area contributed by atoms with Crippen LogP contribution < -0.4 is 4.74 Å². The van der Waals surface area contributed by atoms with E-state index in [0.29, 0.717) is 11.1 Å². The number of nitrogens with zero attached hydrogens (tertiary/aromatic N) is 2. The fourth-order valence-electron chi connectivity index (χ4n) is 2.11. The molecule has 0 unspecified atom stereocenters. The summed E-state index contributed by atoms with van der Waals surface area (Å²) in [6.07, 6.45) is 2.48. The van der Waals surface area contributed by atoms with Crippen molar-refractivity contribution in [1.29, 1.82) is 0 Å². The Kier molecular flexibility index (Phi) is 3.62. The van der Waals surface area contributed by atoms with E-state index in [0.717, 1.165) is 35.7 Å². The summed E-state index contributed by atoms with van der Waals surface area (Å²) in [6, 6.07) is 9.74. The molecule has 2 aromatic rings. The van der Waals surface area contributed by atoms with Gasteiger partial charge >= 0.3 is 0 Å². The fraction of sp³-hybridized carbons (Fsp3) is 0.375. The largest absolute Gasteiger partial charge is 0.491 e. The summed E-state index contributed by atoms with van der Waals surface area (Å²) >= 11 is 6.11. The number of rotatable bonds is 4. The van der Waals surface area contributed by atoms with E-state index in [2.05, 4.69) is 9.97 Å². The number of benzene rings is 1. The van der Waals surface area contributed by atoms with E-state index in [-0.39, 0.29) is 6.10 Å². The van der Waals surface area contributed by atoms with Crippen LogP contribution in [0, 0.1) is 0 Å². The first-order chi connectivity index (χ1) is 9.61. The Balaban J connectivity index is 1.95. The second-order valence-corrected chi connectivity index (χ2v) is 5.79. The summed E-state index contributed by atoms with van der Waals surface area (Å²) in [5, 5.41) is 0.507. The van der Waals surface area contributed by atoms with Gasteiger partial charge in [0.05, 0.1) is 11.8 Å². The molecule has 4 heteroatoms. The van der Waals surface area contributed by atoms with Crippen molar-refractivity contribution in [3.05, 3.63) is 41.3 Å². The molecule has 1 aliphatic rings. The molecule has 3 rings (SSSR count). The molecule has 1 heterocycles. The van der Waals surface area contributed by atoms with Crippen molar-refractivity contribution >= 4 is 11.6 Å². The SMILES string of the molecule is CC(C)Oc1cccc(-c2cc(Cl)nc(C3CC3)n2)c1. The molecule has 0 saturated heterocycles. The average molecular weight is 289 g/mol. The zero-order chi connectivity index (χ0) is 14.1. The van der Waals surface area contributed by atoms with Gasteiger partial charge in [-0.2, -0.15) is 0 Å². The molecule has 0 N–H and O–H groups in total. The van der Waals surface area contributed by atoms with E-state index >= 15 is 0 Å². The Morgan fingerprint density at radius 2 is 2.00 bits per heavy atom. The molecule has 0 spiro atoms. The minimum Gasteiger partial charge on any atom is -0.491 e. The van der Waals surface area contributed by atoms with Gasteiger partial charge < -0.3 is 4.74 Å². The van der Waals surface area contributed by atoms with Gasteiger partial charge in [0.15, 0.2) is 0 Å². The molecule has 3 nitrogen and oxygen atoms in total. The third-order valence-corrected chi connectivity index (χ3v) is 3.35. The number of ether oxygens (including phenoxy) is 1. The summed E-state index contributed by atoms with van der Waals surface area (Å²) in [6.45, 7) is 4.03. The predicted octanol–water partition coefficient (Wildman–Crippen LogP) is 4.46. The third-order valence-electron chi connectivity index (χ3n) is 3.16. The molecule has 20 heavy (non-hydrogen) atoms. The van der Waals surface area contributed by atoms with Crippen molar-refractivity contribution in [1.82, 2.24) is 9.97 Å². The quantitative estimate of drug-likeness (QED) is 0.779. The van der Waals surface area contributed by atoms with Crippen molar-refractivity contribution in [2.24, 2.45) is 0 Å². The Labute approximate surface area is 124 Å². The Bertz CT molecular complexity index is 624. The lowest BCUT2D eigenvalue weighted by Gasteiger charge is -2.11. The van der Waals surface area contributed by atoms with Gasteiger partial charge in [-0.25, -0.2) is 9.97 Å². The smallest absolute Gasteiger partial charge is 0.133 e. The van der Waals surface area contributed by atoms with Gasteiger partial charge in [-0.05, 0) is 38.8 Å². The first kappa shape index (κ1) is 13.4. The molecule has 0 bridgehead atoms. The molecule has 1 aliphatic carbocycles. The maximum atomic E-state index is 6.11. The second-order valence-electron chi connectivity index (χ2n) is 5.40. The first-order valence-electron chi connectivity index (χ1n) is 6.93. The molecule has 0 amide bonds.